The van der Waals surface area contributed by atoms with Crippen LogP contribution in [0.25, 0.3) is 0 Å². The first-order valence-electron chi connectivity index (χ1n) is 12.9. The maximum absolute atomic E-state index is 13.3. The van der Waals surface area contributed by atoms with E-state index in [1.54, 1.807) is 0 Å². The molecule has 5 aliphatic rings. The fraction of sp³-hybridized carbons (Fsp3) is 0.962. The molecule has 1 heterocycles. The first kappa shape index (κ1) is 20.5. The molecule has 29 heavy (non-hydrogen) atoms. The maximum Gasteiger partial charge on any atom is 0.150 e. The Balaban J connectivity index is 1.28. The lowest BCUT2D eigenvalue weighted by Crippen LogP contribution is -2.51. The number of rotatable bonds is 4. The zero-order chi connectivity index (χ0) is 20.2. The van der Waals surface area contributed by atoms with Gasteiger partial charge in [-0.25, -0.2) is 0 Å². The molecule has 1 aliphatic heterocycles. The molecule has 0 amide bonds. The number of carbonyl (C=O) groups is 1. The van der Waals surface area contributed by atoms with Crippen LogP contribution in [0.2, 0.25) is 0 Å². The lowest BCUT2D eigenvalue weighted by atomic mass is 9.48. The molecule has 0 unspecified atom stereocenters. The third kappa shape index (κ3) is 3.43. The van der Waals surface area contributed by atoms with E-state index in [4.69, 9.17) is 0 Å². The highest BCUT2D eigenvalue weighted by Gasteiger charge is 2.58. The third-order valence-electron chi connectivity index (χ3n) is 10.7. The smallest absolute Gasteiger partial charge is 0.150 e. The summed E-state index contributed by atoms with van der Waals surface area (Å²) in [5.74, 6) is 5.01. The zero-order valence-corrected chi connectivity index (χ0v) is 18.9. The van der Waals surface area contributed by atoms with E-state index in [0.717, 1.165) is 74.9 Å². The topological polar surface area (TPSA) is 40.5 Å². The Bertz CT molecular complexity index is 628. The van der Waals surface area contributed by atoms with Gasteiger partial charge in [0, 0.05) is 5.92 Å². The van der Waals surface area contributed by atoms with E-state index in [9.17, 15) is 9.90 Å². The van der Waals surface area contributed by atoms with E-state index < -0.39 is 0 Å². The predicted molar refractivity (Wildman–Crippen MR) is 117 cm³/mol. The van der Waals surface area contributed by atoms with E-state index in [1.807, 2.05) is 0 Å². The molecule has 1 N–H and O–H groups in total. The summed E-state index contributed by atoms with van der Waals surface area (Å²) in [6.45, 7) is 7.65. The molecule has 3 heteroatoms. The highest BCUT2D eigenvalue weighted by atomic mass is 16.3. The number of hydrogen-bond acceptors (Lipinski definition) is 3. The van der Waals surface area contributed by atoms with Gasteiger partial charge in [0.15, 0.2) is 0 Å². The average molecular weight is 402 g/mol. The molecule has 0 spiro atoms. The molecule has 4 aliphatic carbocycles. The maximum atomic E-state index is 13.3. The number of nitrogens with zero attached hydrogens (tertiary/aromatic N) is 1. The second kappa shape index (κ2) is 7.62. The molecule has 0 bridgehead atoms. The molecule has 4 saturated carbocycles. The Kier molecular flexibility index (Phi) is 5.39. The van der Waals surface area contributed by atoms with Crippen LogP contribution < -0.4 is 0 Å². The van der Waals surface area contributed by atoms with Crippen LogP contribution in [0.15, 0.2) is 0 Å². The molecule has 5 fully saturated rings. The van der Waals surface area contributed by atoms with Gasteiger partial charge in [-0.3, -0.25) is 9.69 Å². The van der Waals surface area contributed by atoms with Gasteiger partial charge in [-0.05, 0) is 125 Å². The largest absolute Gasteiger partial charge is 0.390 e. The van der Waals surface area contributed by atoms with Crippen LogP contribution in [0, 0.1) is 40.9 Å². The van der Waals surface area contributed by atoms with Crippen molar-refractivity contribution >= 4 is 5.78 Å². The number of carbonyl (C=O) groups excluding carboxylic acids is 1. The molecule has 0 aromatic rings. The molecule has 8 atom stereocenters. The van der Waals surface area contributed by atoms with Gasteiger partial charge in [0.25, 0.3) is 0 Å². The lowest BCUT2D eigenvalue weighted by Gasteiger charge is -2.57. The predicted octanol–water partition coefficient (Wildman–Crippen LogP) is 5.06. The molecule has 5 rings (SSSR count). The Labute approximate surface area is 178 Å². The normalized spacial score (nSPS) is 50.0. The van der Waals surface area contributed by atoms with Gasteiger partial charge < -0.3 is 5.11 Å². The Hall–Kier alpha value is -0.410. The minimum absolute atomic E-state index is 0.267. The van der Waals surface area contributed by atoms with Crippen LogP contribution in [0.1, 0.15) is 90.9 Å². The number of aliphatic hydroxyl groups is 1. The molecule has 1 saturated heterocycles. The summed E-state index contributed by atoms with van der Waals surface area (Å²) in [6, 6.07) is 0. The van der Waals surface area contributed by atoms with Crippen molar-refractivity contribution in [2.75, 3.05) is 19.6 Å². The molecule has 0 aromatic carbocycles. The summed E-state index contributed by atoms with van der Waals surface area (Å²) >= 11 is 0. The summed E-state index contributed by atoms with van der Waals surface area (Å²) < 4.78 is 0. The van der Waals surface area contributed by atoms with Crippen molar-refractivity contribution in [1.82, 2.24) is 4.90 Å². The van der Waals surface area contributed by atoms with Crippen molar-refractivity contribution < 1.29 is 9.90 Å². The number of hydrogen-bond donors (Lipinski definition) is 1. The van der Waals surface area contributed by atoms with Gasteiger partial charge in [-0.1, -0.05) is 13.8 Å². The second-order valence-corrected chi connectivity index (χ2v) is 11.9. The number of fused-ring (bicyclic) bond motifs is 5. The summed E-state index contributed by atoms with van der Waals surface area (Å²) in [5.41, 5.74) is -0.110. The summed E-state index contributed by atoms with van der Waals surface area (Å²) in [6.07, 6.45) is 14.5. The van der Waals surface area contributed by atoms with Crippen molar-refractivity contribution in [2.24, 2.45) is 40.9 Å². The molecular formula is C26H43NO2. The average Bonchev–Trinajstić information content (AvgIpc) is 3.34. The fourth-order valence-electron chi connectivity index (χ4n) is 9.08. The quantitative estimate of drug-likeness (QED) is 0.716. The second-order valence-electron chi connectivity index (χ2n) is 11.9. The highest BCUT2D eigenvalue weighted by Crippen LogP contribution is 2.64. The van der Waals surface area contributed by atoms with Crippen molar-refractivity contribution in [3.63, 3.8) is 0 Å². The molecule has 0 radical (unpaired) electrons. The van der Waals surface area contributed by atoms with Gasteiger partial charge >= 0.3 is 0 Å². The molecule has 3 nitrogen and oxygen atoms in total. The van der Waals surface area contributed by atoms with Gasteiger partial charge in [0.05, 0.1) is 12.1 Å². The minimum atomic E-state index is -0.377. The first-order valence-corrected chi connectivity index (χ1v) is 12.9. The van der Waals surface area contributed by atoms with E-state index in [1.165, 1.54) is 51.4 Å². The van der Waals surface area contributed by atoms with Crippen LogP contribution >= 0.6 is 0 Å². The van der Waals surface area contributed by atoms with Crippen molar-refractivity contribution in [1.29, 1.82) is 0 Å². The van der Waals surface area contributed by atoms with E-state index in [-0.39, 0.29) is 11.0 Å². The Morgan fingerprint density at radius 3 is 2.48 bits per heavy atom. The highest BCUT2D eigenvalue weighted by molar-refractivity contribution is 5.84. The molecular weight excluding hydrogens is 358 g/mol. The van der Waals surface area contributed by atoms with E-state index >= 15 is 0 Å². The summed E-state index contributed by atoms with van der Waals surface area (Å²) in [7, 11) is 0. The standard InChI is InChI=1S/C26H43NO2/c1-3-26(29)13-11-19-18(16-26)6-7-21-20(19)10-12-25(2)22(21)8-9-23(25)24(28)17-27-14-4-5-15-27/h18-23,29H,3-17H2,1-2H3/t18-,19-,20+,21+,22-,23+,25-,26+/m0/s1. The molecule has 0 aromatic heterocycles. The Morgan fingerprint density at radius 2 is 1.72 bits per heavy atom. The van der Waals surface area contributed by atoms with Crippen LogP contribution in [0.5, 0.6) is 0 Å². The lowest BCUT2D eigenvalue weighted by molar-refractivity contribution is -0.133. The molecule has 164 valence electrons. The van der Waals surface area contributed by atoms with Crippen LogP contribution in [0.3, 0.4) is 0 Å². The van der Waals surface area contributed by atoms with Crippen molar-refractivity contribution in [3.05, 3.63) is 0 Å². The van der Waals surface area contributed by atoms with Crippen LogP contribution in [-0.4, -0.2) is 41.0 Å². The Morgan fingerprint density at radius 1 is 0.966 bits per heavy atom. The van der Waals surface area contributed by atoms with Crippen LogP contribution in [-0.2, 0) is 4.79 Å². The van der Waals surface area contributed by atoms with Gasteiger partial charge in [-0.2, -0.15) is 0 Å². The number of likely N-dealkylation sites (tertiary alicyclic amines) is 1. The first-order chi connectivity index (χ1) is 13.9. The van der Waals surface area contributed by atoms with Crippen molar-refractivity contribution in [2.45, 2.75) is 96.5 Å². The number of ketones is 1. The van der Waals surface area contributed by atoms with E-state index in [0.29, 0.717) is 11.7 Å². The number of Topliss-reactive ketones (excluding diaryl/α,β-unsaturated/α-hetero) is 1. The summed E-state index contributed by atoms with van der Waals surface area (Å²) in [5, 5.41) is 10.9. The SMILES string of the molecule is CC[C@@]1(O)CC[C@H]2[C@@H](CC[C@@H]3[C@@H]2CC[C@]2(C)[C@@H](C(=O)CN4CCCC4)CC[C@@H]32)C1. The fourth-order valence-corrected chi connectivity index (χ4v) is 9.08. The summed E-state index contributed by atoms with van der Waals surface area (Å²) in [4.78, 5) is 15.7. The zero-order valence-electron chi connectivity index (χ0n) is 18.9. The van der Waals surface area contributed by atoms with Gasteiger partial charge in [0.1, 0.15) is 5.78 Å². The van der Waals surface area contributed by atoms with E-state index in [2.05, 4.69) is 18.7 Å². The third-order valence-corrected chi connectivity index (χ3v) is 10.7. The van der Waals surface area contributed by atoms with Crippen LogP contribution in [0.4, 0.5) is 0 Å². The van der Waals surface area contributed by atoms with Gasteiger partial charge in [-0.15, -0.1) is 0 Å². The monoisotopic (exact) mass is 401 g/mol. The van der Waals surface area contributed by atoms with Crippen molar-refractivity contribution in [3.8, 4) is 0 Å². The minimum Gasteiger partial charge on any atom is -0.390 e. The van der Waals surface area contributed by atoms with Gasteiger partial charge in [0.2, 0.25) is 0 Å².